The lowest BCUT2D eigenvalue weighted by atomic mass is 9.68. The van der Waals surface area contributed by atoms with Crippen LogP contribution in [0.1, 0.15) is 87.0 Å². The Balaban J connectivity index is 5.04. The van der Waals surface area contributed by atoms with E-state index in [1.54, 1.807) is 0 Å². The second-order valence-electron chi connectivity index (χ2n) is 10.6. The maximum atomic E-state index is 13.7. The number of carbonyl (C=O) groups excluding carboxylic acids is 1. The Labute approximate surface area is 196 Å². The van der Waals surface area contributed by atoms with Gasteiger partial charge in [-0.1, -0.05) is 61.3 Å². The van der Waals surface area contributed by atoms with Gasteiger partial charge in [0.1, 0.15) is 0 Å². The van der Waals surface area contributed by atoms with E-state index in [0.29, 0.717) is 12.8 Å². The van der Waals surface area contributed by atoms with E-state index >= 15 is 0 Å². The standard InChI is InChI=1S/C23H37F9O2/c1-8-18(4,5)14-16(19(6,7)9-2)17(33)34-13-11-15(3)10-12-20(24,25)21(26,27)22(28,29)23(30,31)32/h15-16H,8-14H2,1-7H3. The second kappa shape index (κ2) is 11.3. The molecule has 0 aromatic carbocycles. The molecule has 0 spiro atoms. The van der Waals surface area contributed by atoms with Crippen molar-refractivity contribution in [3.05, 3.63) is 0 Å². The number of alkyl halides is 9. The van der Waals surface area contributed by atoms with Crippen molar-refractivity contribution in [2.45, 2.75) is 111 Å². The minimum Gasteiger partial charge on any atom is -0.465 e. The summed E-state index contributed by atoms with van der Waals surface area (Å²) < 4.78 is 122. The van der Waals surface area contributed by atoms with E-state index in [9.17, 15) is 44.3 Å². The summed E-state index contributed by atoms with van der Waals surface area (Å²) in [5, 5.41) is 0. The highest BCUT2D eigenvalue weighted by Crippen LogP contribution is 2.54. The van der Waals surface area contributed by atoms with Gasteiger partial charge in [-0.3, -0.25) is 4.79 Å². The molecule has 0 radical (unpaired) electrons. The molecule has 0 saturated heterocycles. The monoisotopic (exact) mass is 516 g/mol. The zero-order valence-corrected chi connectivity index (χ0v) is 20.8. The molecule has 0 aliphatic carbocycles. The van der Waals surface area contributed by atoms with Crippen LogP contribution in [0.2, 0.25) is 0 Å². The largest absolute Gasteiger partial charge is 0.465 e. The van der Waals surface area contributed by atoms with Gasteiger partial charge in [-0.15, -0.1) is 0 Å². The molecule has 2 unspecified atom stereocenters. The van der Waals surface area contributed by atoms with Crippen LogP contribution in [0, 0.1) is 22.7 Å². The number of esters is 1. The van der Waals surface area contributed by atoms with Gasteiger partial charge in [-0.05, 0) is 36.0 Å². The summed E-state index contributed by atoms with van der Waals surface area (Å²) in [7, 11) is 0. The predicted molar refractivity (Wildman–Crippen MR) is 111 cm³/mol. The minimum atomic E-state index is -6.88. The van der Waals surface area contributed by atoms with Crippen LogP contribution in [0.5, 0.6) is 0 Å². The third kappa shape index (κ3) is 7.93. The Morgan fingerprint density at radius 1 is 0.794 bits per heavy atom. The Morgan fingerprint density at radius 2 is 1.29 bits per heavy atom. The van der Waals surface area contributed by atoms with Gasteiger partial charge in [0.05, 0.1) is 12.5 Å². The van der Waals surface area contributed by atoms with Crippen molar-refractivity contribution in [1.29, 1.82) is 0 Å². The highest BCUT2D eigenvalue weighted by Gasteiger charge is 2.81. The van der Waals surface area contributed by atoms with E-state index in [0.717, 1.165) is 6.42 Å². The highest BCUT2D eigenvalue weighted by molar-refractivity contribution is 5.73. The predicted octanol–water partition coefficient (Wildman–Crippen LogP) is 8.68. The van der Waals surface area contributed by atoms with Crippen LogP contribution in [-0.2, 0) is 9.53 Å². The molecule has 2 nitrogen and oxygen atoms in total. The van der Waals surface area contributed by atoms with Crippen LogP contribution in [-0.4, -0.2) is 36.5 Å². The molecule has 0 amide bonds. The van der Waals surface area contributed by atoms with E-state index in [2.05, 4.69) is 0 Å². The van der Waals surface area contributed by atoms with Crippen molar-refractivity contribution in [2.24, 2.45) is 22.7 Å². The average molecular weight is 517 g/mol. The SMILES string of the molecule is CCC(C)(C)CC(C(=O)OCCC(C)CCC(F)(F)C(F)(F)C(F)(F)C(F)(F)F)C(C)(C)CC. The molecule has 0 heterocycles. The van der Waals surface area contributed by atoms with E-state index < -0.39 is 54.6 Å². The summed E-state index contributed by atoms with van der Waals surface area (Å²) in [5.41, 5.74) is -0.523. The van der Waals surface area contributed by atoms with Crippen molar-refractivity contribution < 1.29 is 49.0 Å². The van der Waals surface area contributed by atoms with Gasteiger partial charge in [0.15, 0.2) is 0 Å². The maximum absolute atomic E-state index is 13.7. The molecule has 2 atom stereocenters. The molecule has 0 aliphatic rings. The molecule has 34 heavy (non-hydrogen) atoms. The number of hydrogen-bond donors (Lipinski definition) is 0. The fourth-order valence-electron chi connectivity index (χ4n) is 3.22. The first-order chi connectivity index (χ1) is 15.0. The highest BCUT2D eigenvalue weighted by atomic mass is 19.4. The number of halogens is 9. The van der Waals surface area contributed by atoms with Crippen molar-refractivity contribution >= 4 is 5.97 Å². The Kier molecular flexibility index (Phi) is 10.9. The molecule has 0 bridgehead atoms. The van der Waals surface area contributed by atoms with Gasteiger partial charge in [0.2, 0.25) is 0 Å². The average Bonchev–Trinajstić information content (AvgIpc) is 2.69. The summed E-state index contributed by atoms with van der Waals surface area (Å²) in [4.78, 5) is 12.7. The molecule has 204 valence electrons. The molecule has 0 rings (SSSR count). The molecule has 0 saturated carbocycles. The lowest BCUT2D eigenvalue weighted by Gasteiger charge is -2.37. The van der Waals surface area contributed by atoms with Gasteiger partial charge < -0.3 is 4.74 Å². The number of carbonyl (C=O) groups is 1. The maximum Gasteiger partial charge on any atom is 0.460 e. The smallest absolute Gasteiger partial charge is 0.460 e. The van der Waals surface area contributed by atoms with Crippen molar-refractivity contribution in [3.63, 3.8) is 0 Å². The van der Waals surface area contributed by atoms with E-state index in [-0.39, 0.29) is 23.9 Å². The van der Waals surface area contributed by atoms with Crippen molar-refractivity contribution in [3.8, 4) is 0 Å². The first-order valence-corrected chi connectivity index (χ1v) is 11.4. The Bertz CT molecular complexity index is 655. The number of rotatable bonds is 14. The van der Waals surface area contributed by atoms with Crippen LogP contribution in [0.25, 0.3) is 0 Å². The first-order valence-electron chi connectivity index (χ1n) is 11.4. The zero-order valence-electron chi connectivity index (χ0n) is 20.8. The number of ether oxygens (including phenoxy) is 1. The molecular weight excluding hydrogens is 479 g/mol. The van der Waals surface area contributed by atoms with Gasteiger partial charge in [-0.25, -0.2) is 0 Å². The zero-order chi connectivity index (χ0) is 27.4. The van der Waals surface area contributed by atoms with E-state index in [4.69, 9.17) is 4.74 Å². The van der Waals surface area contributed by atoms with Gasteiger partial charge >= 0.3 is 29.9 Å². The Morgan fingerprint density at radius 3 is 1.71 bits per heavy atom. The van der Waals surface area contributed by atoms with Crippen LogP contribution in [0.15, 0.2) is 0 Å². The lowest BCUT2D eigenvalue weighted by molar-refractivity contribution is -0.397. The summed E-state index contributed by atoms with van der Waals surface area (Å²) in [5.74, 6) is -20.8. The molecule has 11 heteroatoms. The lowest BCUT2D eigenvalue weighted by Crippen LogP contribution is -2.60. The second-order valence-corrected chi connectivity index (χ2v) is 10.6. The first kappa shape index (κ1) is 32.8. The topological polar surface area (TPSA) is 26.3 Å². The normalized spacial score (nSPS) is 16.4. The van der Waals surface area contributed by atoms with Gasteiger partial charge in [0.25, 0.3) is 0 Å². The molecule has 0 aromatic heterocycles. The van der Waals surface area contributed by atoms with E-state index in [1.165, 1.54) is 6.92 Å². The molecule has 0 fully saturated rings. The molecule has 0 aliphatic heterocycles. The van der Waals surface area contributed by atoms with Crippen LogP contribution >= 0.6 is 0 Å². The molecular formula is C23H37F9O2. The summed E-state index contributed by atoms with van der Waals surface area (Å²) in [6, 6.07) is 0. The van der Waals surface area contributed by atoms with Gasteiger partial charge in [0, 0.05) is 6.42 Å². The van der Waals surface area contributed by atoms with Gasteiger partial charge in [-0.2, -0.15) is 39.5 Å². The Hall–Kier alpha value is -1.16. The summed E-state index contributed by atoms with van der Waals surface area (Å²) in [6.45, 7) is 12.9. The quantitative estimate of drug-likeness (QED) is 0.171. The molecule has 0 aromatic rings. The third-order valence-electron chi connectivity index (χ3n) is 6.87. The van der Waals surface area contributed by atoms with E-state index in [1.807, 2.05) is 41.5 Å². The summed E-state index contributed by atoms with van der Waals surface area (Å²) in [6.07, 6.45) is -7.45. The fraction of sp³-hybridized carbons (Fsp3) is 0.957. The third-order valence-corrected chi connectivity index (χ3v) is 6.87. The molecule has 0 N–H and O–H groups in total. The summed E-state index contributed by atoms with van der Waals surface area (Å²) >= 11 is 0. The minimum absolute atomic E-state index is 0.0422. The van der Waals surface area contributed by atoms with Crippen molar-refractivity contribution in [2.75, 3.05) is 6.61 Å². The van der Waals surface area contributed by atoms with Crippen LogP contribution < -0.4 is 0 Å². The number of hydrogen-bond acceptors (Lipinski definition) is 2. The fourth-order valence-corrected chi connectivity index (χ4v) is 3.22. The van der Waals surface area contributed by atoms with Crippen molar-refractivity contribution in [1.82, 2.24) is 0 Å². The van der Waals surface area contributed by atoms with Crippen LogP contribution in [0.3, 0.4) is 0 Å². The van der Waals surface area contributed by atoms with Crippen LogP contribution in [0.4, 0.5) is 39.5 Å².